The first-order valence-corrected chi connectivity index (χ1v) is 9.54. The fourth-order valence-corrected chi connectivity index (χ4v) is 3.97. The molecule has 27 heavy (non-hydrogen) atoms. The molecular formula is C19H15ClN4O2S. The van der Waals surface area contributed by atoms with Crippen LogP contribution in [0.1, 0.15) is 12.5 Å². The van der Waals surface area contributed by atoms with Crippen molar-refractivity contribution in [2.75, 3.05) is 0 Å². The molecule has 3 heterocycles. The van der Waals surface area contributed by atoms with E-state index < -0.39 is 0 Å². The maximum absolute atomic E-state index is 13.0. The molecule has 0 aliphatic heterocycles. The Hall–Kier alpha value is -2.77. The smallest absolute Gasteiger partial charge is 0.286 e. The first-order chi connectivity index (χ1) is 13.1. The van der Waals surface area contributed by atoms with Crippen LogP contribution in [-0.2, 0) is 13.1 Å². The minimum Gasteiger partial charge on any atom is -0.286 e. The summed E-state index contributed by atoms with van der Waals surface area (Å²) in [6.07, 6.45) is 1.66. The fourth-order valence-electron chi connectivity index (χ4n) is 3.00. The number of hydrogen-bond acceptors (Lipinski definition) is 5. The van der Waals surface area contributed by atoms with Crippen molar-refractivity contribution in [1.82, 2.24) is 18.5 Å². The maximum atomic E-state index is 13.0. The zero-order valence-electron chi connectivity index (χ0n) is 14.4. The second-order valence-corrected chi connectivity index (χ2v) is 7.18. The lowest BCUT2D eigenvalue weighted by Crippen LogP contribution is -2.39. The average Bonchev–Trinajstić information content (AvgIpc) is 3.13. The van der Waals surface area contributed by atoms with Crippen LogP contribution < -0.4 is 11.2 Å². The summed E-state index contributed by atoms with van der Waals surface area (Å²) in [5.41, 5.74) is 1.92. The molecule has 0 saturated carbocycles. The van der Waals surface area contributed by atoms with E-state index in [-0.39, 0.29) is 11.2 Å². The van der Waals surface area contributed by atoms with Crippen LogP contribution >= 0.6 is 23.1 Å². The van der Waals surface area contributed by atoms with E-state index in [2.05, 4.69) is 9.36 Å². The number of nitrogens with zero attached hydrogens (tertiary/aromatic N) is 4. The summed E-state index contributed by atoms with van der Waals surface area (Å²) in [4.78, 5) is 30.1. The van der Waals surface area contributed by atoms with E-state index in [0.717, 1.165) is 17.1 Å². The summed E-state index contributed by atoms with van der Waals surface area (Å²) in [6, 6.07) is 12.8. The lowest BCUT2D eigenvalue weighted by molar-refractivity contribution is 0.620. The van der Waals surface area contributed by atoms with Crippen LogP contribution in [0.15, 0.2) is 58.3 Å². The minimum atomic E-state index is -0.359. The van der Waals surface area contributed by atoms with Crippen LogP contribution in [0.2, 0.25) is 5.02 Å². The topological polar surface area (TPSA) is 69.8 Å². The van der Waals surface area contributed by atoms with E-state index in [9.17, 15) is 9.59 Å². The maximum Gasteiger partial charge on any atom is 0.331 e. The van der Waals surface area contributed by atoms with Crippen molar-refractivity contribution in [1.29, 1.82) is 0 Å². The quantitative estimate of drug-likeness (QED) is 0.528. The molecule has 136 valence electrons. The Bertz CT molecular complexity index is 1230. The predicted molar refractivity (Wildman–Crippen MR) is 108 cm³/mol. The zero-order chi connectivity index (χ0) is 19.0. The van der Waals surface area contributed by atoms with Gasteiger partial charge in [0.05, 0.1) is 17.8 Å². The van der Waals surface area contributed by atoms with Crippen LogP contribution in [-0.4, -0.2) is 18.5 Å². The largest absolute Gasteiger partial charge is 0.331 e. The third-order valence-electron chi connectivity index (χ3n) is 4.32. The SMILES string of the molecule is CCn1c(=O)c2snc(-c3ccccn3)c2n(Cc2ccc(Cl)cc2)c1=O. The molecule has 0 bridgehead atoms. The second kappa shape index (κ2) is 7.09. The summed E-state index contributed by atoms with van der Waals surface area (Å²) >= 11 is 7.06. The van der Waals surface area contributed by atoms with Gasteiger partial charge in [0.1, 0.15) is 10.4 Å². The van der Waals surface area contributed by atoms with Gasteiger partial charge in [0, 0.05) is 17.8 Å². The number of halogens is 1. The van der Waals surface area contributed by atoms with Gasteiger partial charge >= 0.3 is 5.69 Å². The summed E-state index contributed by atoms with van der Waals surface area (Å²) in [7, 11) is 0. The van der Waals surface area contributed by atoms with Crippen molar-refractivity contribution in [2.24, 2.45) is 0 Å². The van der Waals surface area contributed by atoms with E-state index in [0.29, 0.717) is 39.7 Å². The van der Waals surface area contributed by atoms with Gasteiger partial charge in [-0.25, -0.2) is 4.79 Å². The summed E-state index contributed by atoms with van der Waals surface area (Å²) < 4.78 is 7.72. The highest BCUT2D eigenvalue weighted by Crippen LogP contribution is 2.27. The van der Waals surface area contributed by atoms with E-state index >= 15 is 0 Å². The standard InChI is InChI=1S/C19H15ClN4O2S/c1-2-23-18(25)17-16(15(22-27-17)14-5-3-4-10-21-14)24(19(23)26)11-12-6-8-13(20)9-7-12/h3-10H,2,11H2,1H3. The zero-order valence-corrected chi connectivity index (χ0v) is 16.0. The molecular weight excluding hydrogens is 384 g/mol. The highest BCUT2D eigenvalue weighted by molar-refractivity contribution is 7.13. The Morgan fingerprint density at radius 1 is 1.07 bits per heavy atom. The highest BCUT2D eigenvalue weighted by Gasteiger charge is 2.20. The molecule has 1 aromatic carbocycles. The number of aromatic nitrogens is 4. The molecule has 0 saturated heterocycles. The Kier molecular flexibility index (Phi) is 4.63. The molecule has 8 heteroatoms. The number of pyridine rings is 1. The molecule has 0 radical (unpaired) electrons. The molecule has 4 rings (SSSR count). The summed E-state index contributed by atoms with van der Waals surface area (Å²) in [5, 5.41) is 0.626. The van der Waals surface area contributed by atoms with Crippen molar-refractivity contribution < 1.29 is 0 Å². The monoisotopic (exact) mass is 398 g/mol. The van der Waals surface area contributed by atoms with Crippen molar-refractivity contribution in [3.8, 4) is 11.4 Å². The van der Waals surface area contributed by atoms with Gasteiger partial charge in [0.2, 0.25) is 0 Å². The van der Waals surface area contributed by atoms with Gasteiger partial charge in [-0.3, -0.25) is 18.9 Å². The van der Waals surface area contributed by atoms with Crippen LogP contribution in [0.4, 0.5) is 0 Å². The fraction of sp³-hybridized carbons (Fsp3) is 0.158. The average molecular weight is 399 g/mol. The number of hydrogen-bond donors (Lipinski definition) is 0. The lowest BCUT2D eigenvalue weighted by Gasteiger charge is -2.12. The molecule has 0 unspecified atom stereocenters. The van der Waals surface area contributed by atoms with E-state index in [1.807, 2.05) is 30.3 Å². The molecule has 0 N–H and O–H groups in total. The number of rotatable bonds is 4. The van der Waals surface area contributed by atoms with E-state index in [4.69, 9.17) is 11.6 Å². The van der Waals surface area contributed by atoms with E-state index in [1.54, 1.807) is 29.8 Å². The third kappa shape index (κ3) is 3.09. The normalized spacial score (nSPS) is 11.2. The highest BCUT2D eigenvalue weighted by atomic mass is 35.5. The van der Waals surface area contributed by atoms with E-state index in [1.165, 1.54) is 4.57 Å². The predicted octanol–water partition coefficient (Wildman–Crippen LogP) is 3.40. The minimum absolute atomic E-state index is 0.297. The van der Waals surface area contributed by atoms with Crippen LogP contribution in [0.5, 0.6) is 0 Å². The number of benzene rings is 1. The first-order valence-electron chi connectivity index (χ1n) is 8.39. The van der Waals surface area contributed by atoms with Crippen molar-refractivity contribution in [2.45, 2.75) is 20.0 Å². The van der Waals surface area contributed by atoms with Crippen molar-refractivity contribution >= 4 is 33.4 Å². The van der Waals surface area contributed by atoms with Gasteiger partial charge in [-0.05, 0) is 48.3 Å². The summed E-state index contributed by atoms with van der Waals surface area (Å²) in [5.74, 6) is 0. The lowest BCUT2D eigenvalue weighted by atomic mass is 10.2. The van der Waals surface area contributed by atoms with Gasteiger partial charge in [-0.1, -0.05) is 29.8 Å². The molecule has 0 fully saturated rings. The first kappa shape index (κ1) is 17.6. The van der Waals surface area contributed by atoms with Crippen LogP contribution in [0.3, 0.4) is 0 Å². The number of fused-ring (bicyclic) bond motifs is 1. The van der Waals surface area contributed by atoms with Gasteiger partial charge in [0.25, 0.3) is 5.56 Å². The van der Waals surface area contributed by atoms with Gasteiger partial charge < -0.3 is 0 Å². The molecule has 6 nitrogen and oxygen atoms in total. The Morgan fingerprint density at radius 2 is 1.85 bits per heavy atom. The van der Waals surface area contributed by atoms with Crippen molar-refractivity contribution in [3.63, 3.8) is 0 Å². The molecule has 4 aromatic rings. The van der Waals surface area contributed by atoms with Gasteiger partial charge in [-0.2, -0.15) is 4.37 Å². The molecule has 0 amide bonds. The molecule has 0 spiro atoms. The summed E-state index contributed by atoms with van der Waals surface area (Å²) in [6.45, 7) is 2.39. The van der Waals surface area contributed by atoms with Crippen molar-refractivity contribution in [3.05, 3.63) is 80.1 Å². The second-order valence-electron chi connectivity index (χ2n) is 5.97. The van der Waals surface area contributed by atoms with Crippen LogP contribution in [0, 0.1) is 0 Å². The van der Waals surface area contributed by atoms with Crippen LogP contribution in [0.25, 0.3) is 21.6 Å². The molecule has 0 atom stereocenters. The molecule has 3 aromatic heterocycles. The Balaban J connectivity index is 2.02. The Labute approximate surface area is 163 Å². The molecule has 0 aliphatic carbocycles. The Morgan fingerprint density at radius 3 is 2.52 bits per heavy atom. The molecule has 0 aliphatic rings. The van der Waals surface area contributed by atoms with Gasteiger partial charge in [0.15, 0.2) is 0 Å². The third-order valence-corrected chi connectivity index (χ3v) is 5.39. The van der Waals surface area contributed by atoms with Gasteiger partial charge in [-0.15, -0.1) is 0 Å².